The van der Waals surface area contributed by atoms with E-state index in [0.29, 0.717) is 0 Å². The first-order chi connectivity index (χ1) is 5.83. The van der Waals surface area contributed by atoms with Gasteiger partial charge in [-0.25, -0.2) is 9.13 Å². The molecular formula is C6H11Cl4FeN2+. The molecule has 0 fully saturated rings. The Morgan fingerprint density at radius 1 is 1.31 bits per heavy atom. The molecule has 1 rings (SSSR count). The zero-order valence-electron chi connectivity index (χ0n) is 7.20. The molecule has 1 heterocycles. The van der Waals surface area contributed by atoms with E-state index < -0.39 is 9.20 Å². The van der Waals surface area contributed by atoms with Crippen molar-refractivity contribution >= 4 is 40.4 Å². The van der Waals surface area contributed by atoms with Crippen molar-refractivity contribution in [2.24, 2.45) is 7.05 Å². The summed E-state index contributed by atoms with van der Waals surface area (Å²) in [5.74, 6) is 0. The Morgan fingerprint density at radius 2 is 1.77 bits per heavy atom. The topological polar surface area (TPSA) is 8.81 Å². The summed E-state index contributed by atoms with van der Waals surface area (Å²) in [5, 5.41) is 0. The third-order valence-corrected chi connectivity index (χ3v) is 1.19. The van der Waals surface area contributed by atoms with Crippen LogP contribution in [0, 0.1) is 0 Å². The van der Waals surface area contributed by atoms with Gasteiger partial charge >= 0.3 is 49.6 Å². The van der Waals surface area contributed by atoms with Crippen LogP contribution < -0.4 is 4.57 Å². The van der Waals surface area contributed by atoms with E-state index in [9.17, 15) is 0 Å². The standard InChI is InChI=1S/C6H11N2.4ClH.Fe/c1-3-8-5-4-7(2)6-8;;;;;/h4-6H,3H2,1-2H3;4*1H;/q+1;;;;;+4/p-4. The normalized spacial score (nSPS) is 11.8. The molecule has 0 aliphatic rings. The Kier molecular flexibility index (Phi) is 6.82. The van der Waals surface area contributed by atoms with Crippen LogP contribution in [0.4, 0.5) is 0 Å². The summed E-state index contributed by atoms with van der Waals surface area (Å²) in [5.41, 5.74) is 0. The molecule has 0 amide bonds. The molecule has 0 N–H and O–H groups in total. The number of nitrogens with zero attached hydrogens (tertiary/aromatic N) is 2. The van der Waals surface area contributed by atoms with E-state index in [2.05, 4.69) is 24.0 Å². The number of imidazole rings is 1. The minimum absolute atomic E-state index is 1.06. The molecule has 0 spiro atoms. The van der Waals surface area contributed by atoms with Crippen molar-refractivity contribution in [1.82, 2.24) is 4.57 Å². The van der Waals surface area contributed by atoms with Crippen LogP contribution in [0.25, 0.3) is 0 Å². The maximum absolute atomic E-state index is 4.95. The number of rotatable bonds is 1. The van der Waals surface area contributed by atoms with Crippen molar-refractivity contribution in [3.8, 4) is 0 Å². The fraction of sp³-hybridized carbons (Fsp3) is 0.500. The quantitative estimate of drug-likeness (QED) is 0.557. The van der Waals surface area contributed by atoms with E-state index in [0.717, 1.165) is 6.54 Å². The third kappa shape index (κ3) is 10.8. The zero-order chi connectivity index (χ0) is 10.5. The Bertz CT molecular complexity index is 239. The average molecular weight is 309 g/mol. The van der Waals surface area contributed by atoms with Gasteiger partial charge in [-0.1, -0.05) is 0 Å². The van der Waals surface area contributed by atoms with E-state index in [1.54, 1.807) is 0 Å². The van der Waals surface area contributed by atoms with Crippen LogP contribution in [0.15, 0.2) is 18.7 Å². The molecule has 0 unspecified atom stereocenters. The minimum atomic E-state index is -2.61. The van der Waals surface area contributed by atoms with Crippen molar-refractivity contribution in [2.75, 3.05) is 0 Å². The van der Waals surface area contributed by atoms with Gasteiger partial charge in [0.2, 0.25) is 6.33 Å². The predicted octanol–water partition coefficient (Wildman–Crippen LogP) is 3.09. The van der Waals surface area contributed by atoms with E-state index in [1.807, 2.05) is 17.8 Å². The molecule has 2 nitrogen and oxygen atoms in total. The second kappa shape index (κ2) is 6.39. The van der Waals surface area contributed by atoms with Gasteiger partial charge in [0, 0.05) is 0 Å². The Labute approximate surface area is 97.5 Å². The summed E-state index contributed by atoms with van der Waals surface area (Å²) in [4.78, 5) is 0. The predicted molar refractivity (Wildman–Crippen MR) is 54.7 cm³/mol. The van der Waals surface area contributed by atoms with Crippen molar-refractivity contribution in [3.63, 3.8) is 0 Å². The van der Waals surface area contributed by atoms with Crippen molar-refractivity contribution in [1.29, 1.82) is 0 Å². The molecule has 0 atom stereocenters. The van der Waals surface area contributed by atoms with E-state index in [1.165, 1.54) is 0 Å². The van der Waals surface area contributed by atoms with Gasteiger partial charge in [0.05, 0.1) is 13.6 Å². The molecule has 1 aromatic heterocycles. The summed E-state index contributed by atoms with van der Waals surface area (Å²) >= 11 is 0. The number of hydrogen-bond acceptors (Lipinski definition) is 0. The van der Waals surface area contributed by atoms with Crippen LogP contribution in [0.1, 0.15) is 6.92 Å². The van der Waals surface area contributed by atoms with E-state index in [4.69, 9.17) is 40.4 Å². The summed E-state index contributed by atoms with van der Waals surface area (Å²) in [6.07, 6.45) is 6.14. The first-order valence-corrected chi connectivity index (χ1v) is 9.45. The van der Waals surface area contributed by atoms with Gasteiger partial charge < -0.3 is 0 Å². The van der Waals surface area contributed by atoms with Crippen molar-refractivity contribution in [2.45, 2.75) is 13.5 Å². The molecule has 0 aliphatic heterocycles. The molecular weight excluding hydrogens is 298 g/mol. The molecule has 0 radical (unpaired) electrons. The average Bonchev–Trinajstić information content (AvgIpc) is 2.31. The summed E-state index contributed by atoms with van der Waals surface area (Å²) in [6.45, 7) is 3.18. The van der Waals surface area contributed by atoms with Gasteiger partial charge in [-0.2, -0.15) is 0 Å². The number of halogens is 4. The molecule has 0 saturated heterocycles. The first-order valence-electron chi connectivity index (χ1n) is 3.37. The number of aromatic nitrogens is 2. The second-order valence-electron chi connectivity index (χ2n) is 2.21. The van der Waals surface area contributed by atoms with Gasteiger partial charge in [0.25, 0.3) is 0 Å². The Balaban J connectivity index is 0.000000252. The number of hydrogen-bond donors (Lipinski definition) is 0. The van der Waals surface area contributed by atoms with Crippen LogP contribution in [-0.2, 0) is 22.8 Å². The number of aryl methyl sites for hydroxylation is 2. The molecule has 7 heteroatoms. The van der Waals surface area contributed by atoms with Crippen LogP contribution in [0.3, 0.4) is 0 Å². The summed E-state index contributed by atoms with van der Waals surface area (Å²) < 4.78 is 4.16. The fourth-order valence-corrected chi connectivity index (χ4v) is 0.689. The Hall–Kier alpha value is 0.889. The van der Waals surface area contributed by atoms with Crippen LogP contribution in [-0.4, -0.2) is 4.57 Å². The van der Waals surface area contributed by atoms with Gasteiger partial charge in [0.15, 0.2) is 0 Å². The maximum atomic E-state index is 4.95. The van der Waals surface area contributed by atoms with Gasteiger partial charge in [0.1, 0.15) is 12.4 Å². The van der Waals surface area contributed by atoms with Gasteiger partial charge in [-0.3, -0.25) is 0 Å². The zero-order valence-corrected chi connectivity index (χ0v) is 11.3. The van der Waals surface area contributed by atoms with Crippen molar-refractivity contribution in [3.05, 3.63) is 18.7 Å². The van der Waals surface area contributed by atoms with Crippen LogP contribution in [0.2, 0.25) is 0 Å². The van der Waals surface area contributed by atoms with Crippen molar-refractivity contribution < 1.29 is 13.8 Å². The van der Waals surface area contributed by atoms with Gasteiger partial charge in [-0.05, 0) is 6.92 Å². The van der Waals surface area contributed by atoms with Crippen LogP contribution >= 0.6 is 40.4 Å². The molecule has 0 aromatic carbocycles. The molecule has 80 valence electrons. The van der Waals surface area contributed by atoms with E-state index in [-0.39, 0.29) is 0 Å². The Morgan fingerprint density at radius 3 is 1.92 bits per heavy atom. The molecule has 0 bridgehead atoms. The third-order valence-electron chi connectivity index (χ3n) is 1.19. The fourth-order valence-electron chi connectivity index (χ4n) is 0.689. The molecule has 0 aliphatic carbocycles. The van der Waals surface area contributed by atoms with E-state index >= 15 is 0 Å². The molecule has 13 heavy (non-hydrogen) atoms. The van der Waals surface area contributed by atoms with Crippen LogP contribution in [0.5, 0.6) is 0 Å². The summed E-state index contributed by atoms with van der Waals surface area (Å²) in [7, 11) is 19.2. The SMILES string of the molecule is CC[n+]1ccn(C)c1.[Cl][Fe]([Cl])([Cl])[Cl]. The first kappa shape index (κ1) is 13.9. The molecule has 0 saturated carbocycles. The van der Waals surface area contributed by atoms with Gasteiger partial charge in [-0.15, -0.1) is 0 Å². The summed E-state index contributed by atoms with van der Waals surface area (Å²) in [6, 6.07) is 0. The second-order valence-corrected chi connectivity index (χ2v) is 13.2. The monoisotopic (exact) mass is 307 g/mol. The molecule has 1 aromatic rings.